The number of nitrogens with one attached hydrogen (secondary N) is 1. The van der Waals surface area contributed by atoms with Crippen LogP contribution in [0.25, 0.3) is 0 Å². The van der Waals surface area contributed by atoms with Gasteiger partial charge in [-0.05, 0) is 44.5 Å². The molecule has 0 radical (unpaired) electrons. The Morgan fingerprint density at radius 3 is 2.68 bits per heavy atom. The first-order chi connectivity index (χ1) is 10.6. The summed E-state index contributed by atoms with van der Waals surface area (Å²) in [7, 11) is 0. The Labute approximate surface area is 134 Å². The van der Waals surface area contributed by atoms with Gasteiger partial charge >= 0.3 is 0 Å². The summed E-state index contributed by atoms with van der Waals surface area (Å²) in [5.41, 5.74) is 1.85. The zero-order chi connectivity index (χ0) is 15.9. The third-order valence-electron chi connectivity index (χ3n) is 3.29. The van der Waals surface area contributed by atoms with E-state index in [2.05, 4.69) is 10.5 Å². The van der Waals surface area contributed by atoms with Crippen molar-refractivity contribution in [2.75, 3.05) is 13.2 Å². The average molecular weight is 323 g/mol. The van der Waals surface area contributed by atoms with E-state index in [1.807, 2.05) is 13.8 Å². The zero-order valence-electron chi connectivity index (χ0n) is 12.7. The van der Waals surface area contributed by atoms with Crippen LogP contribution in [0.5, 0.6) is 5.75 Å². The summed E-state index contributed by atoms with van der Waals surface area (Å²) < 4.78 is 10.6. The molecule has 118 valence electrons. The quantitative estimate of drug-likeness (QED) is 0.796. The van der Waals surface area contributed by atoms with Crippen molar-refractivity contribution < 1.29 is 14.1 Å². The molecule has 1 heterocycles. The fourth-order valence-electron chi connectivity index (χ4n) is 2.08. The molecule has 0 saturated carbocycles. The minimum atomic E-state index is -0.0142. The standard InChI is InChI=1S/C16H19ClN2O3/c1-11-15(12(2)22-19-11)7-8-16(20)18-9-10-21-14-5-3-13(17)4-6-14/h3-6H,7-10H2,1-2H3,(H,18,20). The number of nitrogens with zero attached hydrogens (tertiary/aromatic N) is 1. The summed E-state index contributed by atoms with van der Waals surface area (Å²) in [6.07, 6.45) is 1.04. The van der Waals surface area contributed by atoms with Crippen LogP contribution in [0.3, 0.4) is 0 Å². The van der Waals surface area contributed by atoms with Crippen LogP contribution in [0, 0.1) is 13.8 Å². The van der Waals surface area contributed by atoms with E-state index in [1.165, 1.54) is 0 Å². The Kier molecular flexibility index (Phi) is 5.83. The maximum Gasteiger partial charge on any atom is 0.220 e. The molecule has 1 amide bonds. The Balaban J connectivity index is 1.65. The lowest BCUT2D eigenvalue weighted by atomic mass is 10.1. The maximum atomic E-state index is 11.8. The third kappa shape index (κ3) is 4.77. The van der Waals surface area contributed by atoms with Gasteiger partial charge in [-0.3, -0.25) is 4.79 Å². The van der Waals surface area contributed by atoms with Gasteiger partial charge < -0.3 is 14.6 Å². The van der Waals surface area contributed by atoms with Gasteiger partial charge in [0.2, 0.25) is 5.91 Å². The van der Waals surface area contributed by atoms with E-state index in [0.29, 0.717) is 31.0 Å². The molecule has 1 aromatic heterocycles. The van der Waals surface area contributed by atoms with Crippen molar-refractivity contribution in [3.05, 3.63) is 46.3 Å². The number of benzene rings is 1. The fourth-order valence-corrected chi connectivity index (χ4v) is 2.20. The largest absolute Gasteiger partial charge is 0.492 e. The lowest BCUT2D eigenvalue weighted by Crippen LogP contribution is -2.28. The van der Waals surface area contributed by atoms with Crippen LogP contribution in [-0.2, 0) is 11.2 Å². The Hall–Kier alpha value is -2.01. The average Bonchev–Trinajstić information content (AvgIpc) is 2.82. The molecule has 1 N–H and O–H groups in total. The molecule has 0 fully saturated rings. The van der Waals surface area contributed by atoms with Crippen molar-refractivity contribution in [2.45, 2.75) is 26.7 Å². The van der Waals surface area contributed by atoms with Crippen molar-refractivity contribution in [2.24, 2.45) is 0 Å². The van der Waals surface area contributed by atoms with Crippen LogP contribution < -0.4 is 10.1 Å². The summed E-state index contributed by atoms with van der Waals surface area (Å²) in [5, 5.41) is 7.36. The fraction of sp³-hybridized carbons (Fsp3) is 0.375. The Morgan fingerprint density at radius 1 is 1.32 bits per heavy atom. The smallest absolute Gasteiger partial charge is 0.220 e. The first kappa shape index (κ1) is 16.4. The molecule has 0 bridgehead atoms. The van der Waals surface area contributed by atoms with Crippen LogP contribution in [-0.4, -0.2) is 24.2 Å². The van der Waals surface area contributed by atoms with Crippen molar-refractivity contribution in [3.63, 3.8) is 0 Å². The van der Waals surface area contributed by atoms with Gasteiger partial charge in [0.1, 0.15) is 18.1 Å². The van der Waals surface area contributed by atoms with Gasteiger partial charge in [0.05, 0.1) is 12.2 Å². The topological polar surface area (TPSA) is 64.4 Å². The van der Waals surface area contributed by atoms with E-state index in [-0.39, 0.29) is 5.91 Å². The van der Waals surface area contributed by atoms with E-state index < -0.39 is 0 Å². The first-order valence-corrected chi connectivity index (χ1v) is 7.51. The molecule has 0 spiro atoms. The molecule has 5 nitrogen and oxygen atoms in total. The minimum Gasteiger partial charge on any atom is -0.492 e. The molecule has 0 aliphatic heterocycles. The van der Waals surface area contributed by atoms with Crippen molar-refractivity contribution in [3.8, 4) is 5.75 Å². The number of ether oxygens (including phenoxy) is 1. The molecule has 2 aromatic rings. The molecule has 6 heteroatoms. The van der Waals surface area contributed by atoms with E-state index >= 15 is 0 Å². The van der Waals surface area contributed by atoms with E-state index in [4.69, 9.17) is 20.9 Å². The summed E-state index contributed by atoms with van der Waals surface area (Å²) >= 11 is 5.79. The second kappa shape index (κ2) is 7.84. The number of halogens is 1. The lowest BCUT2D eigenvalue weighted by Gasteiger charge is -2.08. The lowest BCUT2D eigenvalue weighted by molar-refractivity contribution is -0.121. The van der Waals surface area contributed by atoms with Gasteiger partial charge in [0, 0.05) is 17.0 Å². The summed E-state index contributed by atoms with van der Waals surface area (Å²) in [6.45, 7) is 4.61. The normalized spacial score (nSPS) is 10.5. The van der Waals surface area contributed by atoms with E-state index in [9.17, 15) is 4.79 Å². The number of aromatic nitrogens is 1. The second-order valence-electron chi connectivity index (χ2n) is 4.96. The SMILES string of the molecule is Cc1noc(C)c1CCC(=O)NCCOc1ccc(Cl)cc1. The number of carbonyl (C=O) groups excluding carboxylic acids is 1. The molecule has 0 aliphatic carbocycles. The van der Waals surface area contributed by atoms with Gasteiger partial charge in [-0.2, -0.15) is 0 Å². The Morgan fingerprint density at radius 2 is 2.05 bits per heavy atom. The van der Waals surface area contributed by atoms with Crippen LogP contribution in [0.15, 0.2) is 28.8 Å². The van der Waals surface area contributed by atoms with Crippen LogP contribution in [0.4, 0.5) is 0 Å². The monoisotopic (exact) mass is 322 g/mol. The first-order valence-electron chi connectivity index (χ1n) is 7.13. The molecule has 0 unspecified atom stereocenters. The number of aryl methyl sites for hydroxylation is 2. The highest BCUT2D eigenvalue weighted by Gasteiger charge is 2.10. The van der Waals surface area contributed by atoms with Crippen molar-refractivity contribution in [1.29, 1.82) is 0 Å². The summed E-state index contributed by atoms with van der Waals surface area (Å²) in [4.78, 5) is 11.8. The van der Waals surface area contributed by atoms with Gasteiger partial charge in [-0.25, -0.2) is 0 Å². The van der Waals surface area contributed by atoms with Gasteiger partial charge in [0.25, 0.3) is 0 Å². The van der Waals surface area contributed by atoms with E-state index in [0.717, 1.165) is 22.8 Å². The molecule has 0 saturated heterocycles. The minimum absolute atomic E-state index is 0.0142. The molecule has 0 atom stereocenters. The molecule has 22 heavy (non-hydrogen) atoms. The molecule has 0 aliphatic rings. The van der Waals surface area contributed by atoms with Gasteiger partial charge in [-0.1, -0.05) is 16.8 Å². The Bertz CT molecular complexity index is 603. The molecule has 1 aromatic carbocycles. The van der Waals surface area contributed by atoms with Crippen LogP contribution >= 0.6 is 11.6 Å². The number of hydrogen-bond donors (Lipinski definition) is 1. The highest BCUT2D eigenvalue weighted by Crippen LogP contribution is 2.15. The molecular weight excluding hydrogens is 304 g/mol. The number of hydrogen-bond acceptors (Lipinski definition) is 4. The van der Waals surface area contributed by atoms with E-state index in [1.54, 1.807) is 24.3 Å². The van der Waals surface area contributed by atoms with Gasteiger partial charge in [0.15, 0.2) is 0 Å². The predicted octanol–water partition coefficient (Wildman–Crippen LogP) is 3.07. The summed E-state index contributed by atoms with van der Waals surface area (Å²) in [6, 6.07) is 7.11. The van der Waals surface area contributed by atoms with Crippen molar-refractivity contribution in [1.82, 2.24) is 10.5 Å². The molecule has 2 rings (SSSR count). The highest BCUT2D eigenvalue weighted by molar-refractivity contribution is 6.30. The highest BCUT2D eigenvalue weighted by atomic mass is 35.5. The maximum absolute atomic E-state index is 11.8. The van der Waals surface area contributed by atoms with Crippen LogP contribution in [0.2, 0.25) is 5.02 Å². The number of carbonyl (C=O) groups is 1. The second-order valence-corrected chi connectivity index (χ2v) is 5.39. The van der Waals surface area contributed by atoms with Crippen molar-refractivity contribution >= 4 is 17.5 Å². The zero-order valence-corrected chi connectivity index (χ0v) is 13.4. The van der Waals surface area contributed by atoms with Crippen LogP contribution in [0.1, 0.15) is 23.4 Å². The predicted molar refractivity (Wildman–Crippen MR) is 84.3 cm³/mol. The third-order valence-corrected chi connectivity index (χ3v) is 3.54. The molecular formula is C16H19ClN2O3. The van der Waals surface area contributed by atoms with Gasteiger partial charge in [-0.15, -0.1) is 0 Å². The number of rotatable bonds is 7. The summed E-state index contributed by atoms with van der Waals surface area (Å²) in [5.74, 6) is 1.49. The number of amides is 1.